The number of nitrogens with one attached hydrogen (secondary N) is 1. The summed E-state index contributed by atoms with van der Waals surface area (Å²) in [6.45, 7) is 6.36. The van der Waals surface area contributed by atoms with Crippen LogP contribution in [-0.2, 0) is 6.54 Å². The predicted molar refractivity (Wildman–Crippen MR) is 64.2 cm³/mol. The zero-order chi connectivity index (χ0) is 10.9. The topological polar surface area (TPSA) is 24.9 Å². The molecule has 0 aromatic carbocycles. The maximum absolute atomic E-state index is 4.23. The summed E-state index contributed by atoms with van der Waals surface area (Å²) >= 11 is 0. The minimum atomic E-state index is 0.738. The zero-order valence-electron chi connectivity index (χ0n) is 8.98. The van der Waals surface area contributed by atoms with Crippen molar-refractivity contribution in [1.82, 2.24) is 10.3 Å². The van der Waals surface area contributed by atoms with Crippen LogP contribution in [-0.4, -0.2) is 4.98 Å². The normalized spacial score (nSPS) is 11.7. The molecule has 1 aromatic heterocycles. The van der Waals surface area contributed by atoms with Crippen LogP contribution in [0.4, 0.5) is 0 Å². The van der Waals surface area contributed by atoms with Gasteiger partial charge in [-0.15, -0.1) is 0 Å². The van der Waals surface area contributed by atoms with Crippen LogP contribution in [0.3, 0.4) is 0 Å². The molecule has 0 aliphatic rings. The van der Waals surface area contributed by atoms with Crippen molar-refractivity contribution in [2.45, 2.75) is 13.5 Å². The van der Waals surface area contributed by atoms with Crippen molar-refractivity contribution in [3.63, 3.8) is 0 Å². The van der Waals surface area contributed by atoms with E-state index in [4.69, 9.17) is 0 Å². The van der Waals surface area contributed by atoms with E-state index in [1.807, 2.05) is 43.4 Å². The smallest absolute Gasteiger partial charge is 0.0594 e. The first-order valence-corrected chi connectivity index (χ1v) is 4.96. The van der Waals surface area contributed by atoms with Gasteiger partial charge in [0.2, 0.25) is 0 Å². The van der Waals surface area contributed by atoms with E-state index in [0.29, 0.717) is 0 Å². The molecule has 1 rings (SSSR count). The van der Waals surface area contributed by atoms with Gasteiger partial charge >= 0.3 is 0 Å². The summed E-state index contributed by atoms with van der Waals surface area (Å²) in [6.07, 6.45) is 9.46. The molecule has 0 atom stereocenters. The summed E-state index contributed by atoms with van der Waals surface area (Å²) in [5.41, 5.74) is 2.10. The Hall–Kier alpha value is -1.83. The highest BCUT2D eigenvalue weighted by atomic mass is 14.9. The molecular weight excluding hydrogens is 184 g/mol. The molecule has 15 heavy (non-hydrogen) atoms. The first kappa shape index (κ1) is 11.2. The third kappa shape index (κ3) is 4.27. The number of hydrogen-bond donors (Lipinski definition) is 1. The van der Waals surface area contributed by atoms with Crippen molar-refractivity contribution in [3.8, 4) is 0 Å². The number of allylic oxidation sites excluding steroid dienone is 4. The second-order valence-electron chi connectivity index (χ2n) is 3.01. The second kappa shape index (κ2) is 6.60. The van der Waals surface area contributed by atoms with E-state index in [9.17, 15) is 0 Å². The molecule has 0 unspecified atom stereocenters. The SMILES string of the molecule is C=C/C=C\C(=C/C)NCc1ccccn1. The lowest BCUT2D eigenvalue weighted by Crippen LogP contribution is -2.11. The molecule has 2 heteroatoms. The van der Waals surface area contributed by atoms with Crippen LogP contribution >= 0.6 is 0 Å². The predicted octanol–water partition coefficient (Wildman–Crippen LogP) is 2.82. The van der Waals surface area contributed by atoms with Crippen molar-refractivity contribution in [1.29, 1.82) is 0 Å². The summed E-state index contributed by atoms with van der Waals surface area (Å²) in [7, 11) is 0. The molecule has 0 bridgehead atoms. The standard InChI is InChI=1S/C13H16N2/c1-3-5-8-12(4-2)15-11-13-9-6-7-10-14-13/h3-10,15H,1,11H2,2H3/b8-5-,12-4+. The van der Waals surface area contributed by atoms with Gasteiger partial charge in [0.15, 0.2) is 0 Å². The van der Waals surface area contributed by atoms with Crippen LogP contribution in [0.2, 0.25) is 0 Å². The molecule has 0 saturated carbocycles. The number of hydrogen-bond acceptors (Lipinski definition) is 2. The van der Waals surface area contributed by atoms with E-state index in [2.05, 4.69) is 16.9 Å². The van der Waals surface area contributed by atoms with Gasteiger partial charge in [-0.25, -0.2) is 0 Å². The van der Waals surface area contributed by atoms with Gasteiger partial charge in [-0.2, -0.15) is 0 Å². The van der Waals surface area contributed by atoms with Crippen molar-refractivity contribution in [3.05, 3.63) is 66.7 Å². The maximum atomic E-state index is 4.23. The lowest BCUT2D eigenvalue weighted by atomic mass is 10.3. The van der Waals surface area contributed by atoms with Gasteiger partial charge in [0.1, 0.15) is 0 Å². The number of pyridine rings is 1. The van der Waals surface area contributed by atoms with Crippen LogP contribution in [0.5, 0.6) is 0 Å². The minimum absolute atomic E-state index is 0.738. The fourth-order valence-corrected chi connectivity index (χ4v) is 1.12. The van der Waals surface area contributed by atoms with Gasteiger partial charge in [0, 0.05) is 11.9 Å². The van der Waals surface area contributed by atoms with Crippen LogP contribution in [0.25, 0.3) is 0 Å². The van der Waals surface area contributed by atoms with Crippen molar-refractivity contribution in [2.75, 3.05) is 0 Å². The summed E-state index contributed by atoms with van der Waals surface area (Å²) in [5.74, 6) is 0. The van der Waals surface area contributed by atoms with E-state index in [1.54, 1.807) is 12.3 Å². The summed E-state index contributed by atoms with van der Waals surface area (Å²) in [5, 5.41) is 3.28. The Kier molecular flexibility index (Phi) is 4.95. The van der Waals surface area contributed by atoms with Crippen molar-refractivity contribution in [2.24, 2.45) is 0 Å². The summed E-state index contributed by atoms with van der Waals surface area (Å²) in [4.78, 5) is 4.23. The molecule has 0 radical (unpaired) electrons. The first-order valence-electron chi connectivity index (χ1n) is 4.96. The Bertz CT molecular complexity index is 350. The number of rotatable bonds is 5. The fourth-order valence-electron chi connectivity index (χ4n) is 1.12. The monoisotopic (exact) mass is 200 g/mol. The maximum Gasteiger partial charge on any atom is 0.0594 e. The number of nitrogens with zero attached hydrogens (tertiary/aromatic N) is 1. The second-order valence-corrected chi connectivity index (χ2v) is 3.01. The number of aromatic nitrogens is 1. The molecule has 0 saturated heterocycles. The van der Waals surface area contributed by atoms with E-state index >= 15 is 0 Å². The molecule has 1 heterocycles. The van der Waals surface area contributed by atoms with E-state index in [0.717, 1.165) is 17.9 Å². The lowest BCUT2D eigenvalue weighted by molar-refractivity contribution is 0.804. The van der Waals surface area contributed by atoms with Gasteiger partial charge in [0.05, 0.1) is 12.2 Å². The molecule has 0 amide bonds. The largest absolute Gasteiger partial charge is 0.380 e. The van der Waals surface area contributed by atoms with Crippen LogP contribution in [0, 0.1) is 0 Å². The summed E-state index contributed by atoms with van der Waals surface area (Å²) < 4.78 is 0. The molecule has 78 valence electrons. The molecule has 2 nitrogen and oxygen atoms in total. The van der Waals surface area contributed by atoms with E-state index in [1.165, 1.54) is 0 Å². The van der Waals surface area contributed by atoms with Gasteiger partial charge in [-0.3, -0.25) is 4.98 Å². The first-order chi connectivity index (χ1) is 7.36. The average molecular weight is 200 g/mol. The quantitative estimate of drug-likeness (QED) is 0.739. The zero-order valence-corrected chi connectivity index (χ0v) is 8.98. The van der Waals surface area contributed by atoms with Crippen LogP contribution < -0.4 is 5.32 Å². The van der Waals surface area contributed by atoms with Gasteiger partial charge in [-0.1, -0.05) is 30.9 Å². The summed E-state index contributed by atoms with van der Waals surface area (Å²) in [6, 6.07) is 5.90. The highest BCUT2D eigenvalue weighted by Crippen LogP contribution is 1.97. The van der Waals surface area contributed by atoms with Gasteiger partial charge in [-0.05, 0) is 25.1 Å². The fraction of sp³-hybridized carbons (Fsp3) is 0.154. The average Bonchev–Trinajstić information content (AvgIpc) is 2.31. The van der Waals surface area contributed by atoms with E-state index < -0.39 is 0 Å². The molecule has 1 N–H and O–H groups in total. The third-order valence-corrected chi connectivity index (χ3v) is 1.92. The molecule has 0 fully saturated rings. The molecule has 1 aromatic rings. The van der Waals surface area contributed by atoms with Gasteiger partial charge < -0.3 is 5.32 Å². The van der Waals surface area contributed by atoms with Gasteiger partial charge in [0.25, 0.3) is 0 Å². The third-order valence-electron chi connectivity index (χ3n) is 1.92. The van der Waals surface area contributed by atoms with Crippen molar-refractivity contribution >= 4 is 0 Å². The Morgan fingerprint density at radius 1 is 1.53 bits per heavy atom. The molecule has 0 spiro atoms. The van der Waals surface area contributed by atoms with Crippen molar-refractivity contribution < 1.29 is 0 Å². The minimum Gasteiger partial charge on any atom is -0.380 e. The Labute approximate surface area is 91.1 Å². The van der Waals surface area contributed by atoms with Crippen LogP contribution in [0.15, 0.2) is 61.0 Å². The Morgan fingerprint density at radius 3 is 3.00 bits per heavy atom. The van der Waals surface area contributed by atoms with Crippen LogP contribution in [0.1, 0.15) is 12.6 Å². The highest BCUT2D eigenvalue weighted by molar-refractivity contribution is 5.20. The Balaban J connectivity index is 2.49. The van der Waals surface area contributed by atoms with E-state index in [-0.39, 0.29) is 0 Å². The lowest BCUT2D eigenvalue weighted by Gasteiger charge is -2.05. The Morgan fingerprint density at radius 2 is 2.40 bits per heavy atom. The molecular formula is C13H16N2. The molecule has 0 aliphatic carbocycles. The molecule has 0 aliphatic heterocycles. The highest BCUT2D eigenvalue weighted by Gasteiger charge is 1.92.